The summed E-state index contributed by atoms with van der Waals surface area (Å²) in [5, 5.41) is 10.0. The Morgan fingerprint density at radius 1 is 1.20 bits per heavy atom. The van der Waals surface area contributed by atoms with Gasteiger partial charge < -0.3 is 5.73 Å². The summed E-state index contributed by atoms with van der Waals surface area (Å²) in [7, 11) is 0. The molecule has 1 heterocycles. The van der Waals surface area contributed by atoms with E-state index in [1.165, 1.54) is 11.1 Å². The van der Waals surface area contributed by atoms with Gasteiger partial charge in [0.25, 0.3) is 0 Å². The highest BCUT2D eigenvalue weighted by Crippen LogP contribution is 2.16. The Morgan fingerprint density at radius 3 is 2.60 bits per heavy atom. The molecule has 0 radical (unpaired) electrons. The number of hydrogen-bond acceptors (Lipinski definition) is 4. The number of benzene rings is 1. The molecule has 0 saturated carbocycles. The highest BCUT2D eigenvalue weighted by atomic mass is 32.1. The molecule has 2 rings (SSSR count). The van der Waals surface area contributed by atoms with Gasteiger partial charge in [-0.15, -0.1) is 10.2 Å². The number of rotatable bonds is 3. The van der Waals surface area contributed by atoms with E-state index < -0.39 is 0 Å². The Kier molecular flexibility index (Phi) is 3.08. The van der Waals surface area contributed by atoms with Gasteiger partial charge in [0.05, 0.1) is 0 Å². The summed E-state index contributed by atoms with van der Waals surface area (Å²) in [6, 6.07) is 8.33. The SMILES string of the molecule is Cc1ccccc1Cc1nnc(CN)s1. The summed E-state index contributed by atoms with van der Waals surface area (Å²) >= 11 is 1.59. The van der Waals surface area contributed by atoms with E-state index in [4.69, 9.17) is 5.73 Å². The van der Waals surface area contributed by atoms with Gasteiger partial charge >= 0.3 is 0 Å². The fourth-order valence-electron chi connectivity index (χ4n) is 1.41. The number of nitrogens with zero attached hydrogens (tertiary/aromatic N) is 2. The lowest BCUT2D eigenvalue weighted by molar-refractivity contribution is 0.928. The van der Waals surface area contributed by atoms with E-state index in [1.54, 1.807) is 11.3 Å². The maximum atomic E-state index is 5.49. The van der Waals surface area contributed by atoms with Crippen LogP contribution in [0, 0.1) is 6.92 Å². The van der Waals surface area contributed by atoms with E-state index in [0.29, 0.717) is 6.54 Å². The van der Waals surface area contributed by atoms with Crippen LogP contribution in [0.3, 0.4) is 0 Å². The molecule has 0 aliphatic rings. The zero-order valence-corrected chi connectivity index (χ0v) is 9.42. The summed E-state index contributed by atoms with van der Waals surface area (Å²) in [6.07, 6.45) is 0.852. The number of aryl methyl sites for hydroxylation is 1. The zero-order chi connectivity index (χ0) is 10.7. The van der Waals surface area contributed by atoms with Crippen molar-refractivity contribution in [2.24, 2.45) is 5.73 Å². The predicted octanol–water partition coefficient (Wildman–Crippen LogP) is 1.90. The number of nitrogens with two attached hydrogens (primary N) is 1. The molecule has 0 unspecified atom stereocenters. The third kappa shape index (κ3) is 2.40. The fourth-order valence-corrected chi connectivity index (χ4v) is 2.16. The van der Waals surface area contributed by atoms with Crippen LogP contribution in [0.5, 0.6) is 0 Å². The first kappa shape index (κ1) is 10.3. The van der Waals surface area contributed by atoms with Crippen LogP contribution in [0.2, 0.25) is 0 Å². The van der Waals surface area contributed by atoms with Crippen molar-refractivity contribution in [3.05, 3.63) is 45.4 Å². The van der Waals surface area contributed by atoms with Gasteiger partial charge in [0.2, 0.25) is 0 Å². The van der Waals surface area contributed by atoms with Gasteiger partial charge in [-0.2, -0.15) is 0 Å². The van der Waals surface area contributed by atoms with Gasteiger partial charge in [0.1, 0.15) is 10.0 Å². The van der Waals surface area contributed by atoms with Gasteiger partial charge in [-0.1, -0.05) is 35.6 Å². The van der Waals surface area contributed by atoms with E-state index in [1.807, 2.05) is 12.1 Å². The summed E-state index contributed by atoms with van der Waals surface area (Å²) in [5.41, 5.74) is 8.09. The highest BCUT2D eigenvalue weighted by Gasteiger charge is 2.05. The predicted molar refractivity (Wildman–Crippen MR) is 61.8 cm³/mol. The van der Waals surface area contributed by atoms with E-state index in [0.717, 1.165) is 16.4 Å². The van der Waals surface area contributed by atoms with E-state index in [-0.39, 0.29) is 0 Å². The minimum Gasteiger partial charge on any atom is -0.324 e. The van der Waals surface area contributed by atoms with Crippen molar-refractivity contribution in [3.63, 3.8) is 0 Å². The van der Waals surface area contributed by atoms with Crippen molar-refractivity contribution in [2.75, 3.05) is 0 Å². The first-order valence-corrected chi connectivity index (χ1v) is 5.67. The van der Waals surface area contributed by atoms with Gasteiger partial charge in [-0.25, -0.2) is 0 Å². The third-order valence-corrected chi connectivity index (χ3v) is 3.23. The summed E-state index contributed by atoms with van der Waals surface area (Å²) < 4.78 is 0. The van der Waals surface area contributed by atoms with Gasteiger partial charge in [-0.05, 0) is 18.1 Å². The molecule has 0 aliphatic heterocycles. The van der Waals surface area contributed by atoms with Crippen molar-refractivity contribution >= 4 is 11.3 Å². The van der Waals surface area contributed by atoms with Crippen LogP contribution in [0.15, 0.2) is 24.3 Å². The van der Waals surface area contributed by atoms with Crippen LogP contribution >= 0.6 is 11.3 Å². The van der Waals surface area contributed by atoms with E-state index in [9.17, 15) is 0 Å². The minimum absolute atomic E-state index is 0.478. The van der Waals surface area contributed by atoms with Crippen LogP contribution in [0.1, 0.15) is 21.1 Å². The van der Waals surface area contributed by atoms with Crippen LogP contribution < -0.4 is 5.73 Å². The fraction of sp³-hybridized carbons (Fsp3) is 0.273. The first-order valence-electron chi connectivity index (χ1n) is 4.85. The second-order valence-corrected chi connectivity index (χ2v) is 4.54. The summed E-state index contributed by atoms with van der Waals surface area (Å²) in [6.45, 7) is 2.59. The van der Waals surface area contributed by atoms with Crippen molar-refractivity contribution in [1.82, 2.24) is 10.2 Å². The Hall–Kier alpha value is -1.26. The van der Waals surface area contributed by atoms with Gasteiger partial charge in [-0.3, -0.25) is 0 Å². The van der Waals surface area contributed by atoms with Crippen molar-refractivity contribution in [1.29, 1.82) is 0 Å². The topological polar surface area (TPSA) is 51.8 Å². The first-order chi connectivity index (χ1) is 7.29. The molecule has 1 aromatic carbocycles. The molecule has 3 nitrogen and oxygen atoms in total. The molecule has 0 spiro atoms. The molecule has 0 fully saturated rings. The summed E-state index contributed by atoms with van der Waals surface area (Å²) in [4.78, 5) is 0. The molecule has 2 aromatic rings. The van der Waals surface area contributed by atoms with Gasteiger partial charge in [0.15, 0.2) is 0 Å². The molecule has 2 N–H and O–H groups in total. The lowest BCUT2D eigenvalue weighted by Gasteiger charge is -2.01. The van der Waals surface area contributed by atoms with Crippen molar-refractivity contribution in [3.8, 4) is 0 Å². The Balaban J connectivity index is 2.18. The largest absolute Gasteiger partial charge is 0.324 e. The van der Waals surface area contributed by atoms with Crippen molar-refractivity contribution in [2.45, 2.75) is 19.9 Å². The zero-order valence-electron chi connectivity index (χ0n) is 8.60. The molecule has 0 bridgehead atoms. The number of hydrogen-bond donors (Lipinski definition) is 1. The quantitative estimate of drug-likeness (QED) is 0.857. The molecule has 1 aromatic heterocycles. The van der Waals surface area contributed by atoms with E-state index >= 15 is 0 Å². The second-order valence-electron chi connectivity index (χ2n) is 3.40. The normalized spacial score (nSPS) is 10.5. The Morgan fingerprint density at radius 2 is 1.93 bits per heavy atom. The lowest BCUT2D eigenvalue weighted by Crippen LogP contribution is -1.94. The average Bonchev–Trinajstić information content (AvgIpc) is 2.69. The van der Waals surface area contributed by atoms with Crippen molar-refractivity contribution < 1.29 is 0 Å². The lowest BCUT2D eigenvalue weighted by atomic mass is 10.1. The molecule has 4 heteroatoms. The van der Waals surface area contributed by atoms with Crippen LogP contribution in [0.25, 0.3) is 0 Å². The molecule has 78 valence electrons. The van der Waals surface area contributed by atoms with E-state index in [2.05, 4.69) is 29.3 Å². The summed E-state index contributed by atoms with van der Waals surface area (Å²) in [5.74, 6) is 0. The molecular weight excluding hydrogens is 206 g/mol. The Labute approximate surface area is 93.0 Å². The molecule has 0 atom stereocenters. The maximum Gasteiger partial charge on any atom is 0.131 e. The van der Waals surface area contributed by atoms with Crippen LogP contribution in [-0.4, -0.2) is 10.2 Å². The molecule has 0 amide bonds. The molecule has 0 aliphatic carbocycles. The molecular formula is C11H13N3S. The smallest absolute Gasteiger partial charge is 0.131 e. The second kappa shape index (κ2) is 4.51. The number of aromatic nitrogens is 2. The molecule has 15 heavy (non-hydrogen) atoms. The standard InChI is InChI=1S/C11H13N3S/c1-8-4-2-3-5-9(8)6-10-13-14-11(7-12)15-10/h2-5H,6-7,12H2,1H3. The maximum absolute atomic E-state index is 5.49. The Bertz CT molecular complexity index is 451. The van der Waals surface area contributed by atoms with Crippen LogP contribution in [0.4, 0.5) is 0 Å². The van der Waals surface area contributed by atoms with Gasteiger partial charge in [0, 0.05) is 13.0 Å². The third-order valence-electron chi connectivity index (χ3n) is 2.29. The monoisotopic (exact) mass is 219 g/mol. The molecule has 0 saturated heterocycles. The highest BCUT2D eigenvalue weighted by molar-refractivity contribution is 7.11. The average molecular weight is 219 g/mol. The minimum atomic E-state index is 0.478. The van der Waals surface area contributed by atoms with Crippen LogP contribution in [-0.2, 0) is 13.0 Å².